The van der Waals surface area contributed by atoms with Gasteiger partial charge in [-0.2, -0.15) is 0 Å². The number of nitrogens with one attached hydrogen (secondary N) is 1. The van der Waals surface area contributed by atoms with E-state index in [0.29, 0.717) is 11.6 Å². The van der Waals surface area contributed by atoms with E-state index >= 15 is 0 Å². The zero-order chi connectivity index (χ0) is 15.7. The molecule has 0 fully saturated rings. The van der Waals surface area contributed by atoms with Crippen LogP contribution in [0.3, 0.4) is 0 Å². The number of H-pyrrole nitrogens is 1. The molecule has 0 saturated heterocycles. The van der Waals surface area contributed by atoms with Crippen molar-refractivity contribution in [2.24, 2.45) is 5.73 Å². The van der Waals surface area contributed by atoms with Gasteiger partial charge in [-0.05, 0) is 49.2 Å². The number of halogens is 1. The Balaban J connectivity index is 2.15. The molecule has 0 atom stereocenters. The van der Waals surface area contributed by atoms with Gasteiger partial charge in [0.2, 0.25) is 0 Å². The lowest BCUT2D eigenvalue weighted by molar-refractivity contribution is 1.05. The van der Waals surface area contributed by atoms with Crippen molar-refractivity contribution in [1.82, 2.24) is 15.0 Å². The van der Waals surface area contributed by atoms with Crippen LogP contribution in [0.15, 0.2) is 36.5 Å². The molecule has 22 heavy (non-hydrogen) atoms. The fourth-order valence-electron chi connectivity index (χ4n) is 2.51. The smallest absolute Gasteiger partial charge is 0.125 e. The van der Waals surface area contributed by atoms with Crippen LogP contribution in [0.1, 0.15) is 17.0 Å². The molecule has 3 rings (SSSR count). The third-order valence-electron chi connectivity index (χ3n) is 3.64. The van der Waals surface area contributed by atoms with E-state index in [9.17, 15) is 0 Å². The Hall–Kier alpha value is -2.17. The molecule has 2 aromatic heterocycles. The maximum atomic E-state index is 6.14. The van der Waals surface area contributed by atoms with Gasteiger partial charge in [0.15, 0.2) is 0 Å². The molecule has 0 saturated carbocycles. The van der Waals surface area contributed by atoms with E-state index < -0.39 is 0 Å². The SMILES string of the molecule is Cc1nccc(-c2cc(CN)c(-c3cc(Cl)ccc3C)[nH]2)n1. The van der Waals surface area contributed by atoms with Gasteiger partial charge in [-0.3, -0.25) is 0 Å². The van der Waals surface area contributed by atoms with E-state index in [0.717, 1.165) is 39.6 Å². The molecule has 0 aliphatic heterocycles. The Morgan fingerprint density at radius 2 is 2.00 bits per heavy atom. The fourth-order valence-corrected chi connectivity index (χ4v) is 2.68. The molecule has 0 spiro atoms. The number of rotatable bonds is 3. The molecule has 0 unspecified atom stereocenters. The first-order chi connectivity index (χ1) is 10.6. The number of benzene rings is 1. The lowest BCUT2D eigenvalue weighted by Gasteiger charge is -2.07. The predicted molar refractivity (Wildman–Crippen MR) is 89.6 cm³/mol. The summed E-state index contributed by atoms with van der Waals surface area (Å²) in [6.45, 7) is 4.38. The van der Waals surface area contributed by atoms with Crippen LogP contribution in [0.2, 0.25) is 5.02 Å². The van der Waals surface area contributed by atoms with Crippen LogP contribution in [0.5, 0.6) is 0 Å². The van der Waals surface area contributed by atoms with Gasteiger partial charge in [-0.1, -0.05) is 17.7 Å². The first-order valence-corrected chi connectivity index (χ1v) is 7.45. The van der Waals surface area contributed by atoms with Crippen molar-refractivity contribution in [2.75, 3.05) is 0 Å². The van der Waals surface area contributed by atoms with E-state index in [2.05, 4.69) is 21.9 Å². The first kappa shape index (κ1) is 14.8. The molecule has 5 heteroatoms. The number of aromatic nitrogens is 3. The topological polar surface area (TPSA) is 67.6 Å². The van der Waals surface area contributed by atoms with E-state index in [1.807, 2.05) is 37.3 Å². The number of nitrogens with two attached hydrogens (primary N) is 1. The molecule has 4 nitrogen and oxygen atoms in total. The molecule has 2 heterocycles. The van der Waals surface area contributed by atoms with Gasteiger partial charge >= 0.3 is 0 Å². The molecule has 112 valence electrons. The summed E-state index contributed by atoms with van der Waals surface area (Å²) in [5.41, 5.74) is 11.9. The van der Waals surface area contributed by atoms with Crippen molar-refractivity contribution in [3.63, 3.8) is 0 Å². The van der Waals surface area contributed by atoms with E-state index in [4.69, 9.17) is 17.3 Å². The minimum absolute atomic E-state index is 0.446. The van der Waals surface area contributed by atoms with Crippen LogP contribution >= 0.6 is 11.6 Å². The number of aryl methyl sites for hydroxylation is 2. The molecular formula is C17H17ClN4. The molecule has 1 aromatic carbocycles. The molecule has 3 aromatic rings. The van der Waals surface area contributed by atoms with Crippen molar-refractivity contribution in [3.05, 3.63) is 58.5 Å². The van der Waals surface area contributed by atoms with Gasteiger partial charge in [-0.25, -0.2) is 9.97 Å². The predicted octanol–water partition coefficient (Wildman–Crippen LogP) is 3.87. The van der Waals surface area contributed by atoms with Crippen molar-refractivity contribution in [1.29, 1.82) is 0 Å². The van der Waals surface area contributed by atoms with Crippen LogP contribution in [0.25, 0.3) is 22.6 Å². The second kappa shape index (κ2) is 5.91. The number of hydrogen-bond acceptors (Lipinski definition) is 3. The van der Waals surface area contributed by atoms with E-state index in [1.54, 1.807) is 6.20 Å². The highest BCUT2D eigenvalue weighted by Crippen LogP contribution is 2.31. The lowest BCUT2D eigenvalue weighted by Crippen LogP contribution is -1.97. The Kier molecular flexibility index (Phi) is 3.96. The number of aromatic amines is 1. The summed E-state index contributed by atoms with van der Waals surface area (Å²) in [7, 11) is 0. The van der Waals surface area contributed by atoms with Gasteiger partial charge in [0.1, 0.15) is 5.82 Å². The zero-order valence-electron chi connectivity index (χ0n) is 12.5. The monoisotopic (exact) mass is 312 g/mol. The molecule has 0 radical (unpaired) electrons. The second-order valence-corrected chi connectivity index (χ2v) is 5.67. The molecule has 0 bridgehead atoms. The average Bonchev–Trinajstić information content (AvgIpc) is 2.94. The summed E-state index contributed by atoms with van der Waals surface area (Å²) in [6.07, 6.45) is 1.75. The largest absolute Gasteiger partial charge is 0.353 e. The molecule has 0 amide bonds. The first-order valence-electron chi connectivity index (χ1n) is 7.07. The summed E-state index contributed by atoms with van der Waals surface area (Å²) in [5, 5.41) is 0.706. The minimum Gasteiger partial charge on any atom is -0.353 e. The zero-order valence-corrected chi connectivity index (χ0v) is 13.3. The van der Waals surface area contributed by atoms with Gasteiger partial charge in [0.25, 0.3) is 0 Å². The summed E-state index contributed by atoms with van der Waals surface area (Å²) in [6, 6.07) is 9.77. The minimum atomic E-state index is 0.446. The Bertz CT molecular complexity index is 823. The van der Waals surface area contributed by atoms with Crippen LogP contribution in [-0.4, -0.2) is 15.0 Å². The molecule has 0 aliphatic rings. The number of hydrogen-bond donors (Lipinski definition) is 2. The highest BCUT2D eigenvalue weighted by atomic mass is 35.5. The summed E-state index contributed by atoms with van der Waals surface area (Å²) in [4.78, 5) is 12.0. The van der Waals surface area contributed by atoms with Gasteiger partial charge < -0.3 is 10.7 Å². The van der Waals surface area contributed by atoms with Crippen LogP contribution < -0.4 is 5.73 Å². The highest BCUT2D eigenvalue weighted by molar-refractivity contribution is 6.30. The Morgan fingerprint density at radius 1 is 1.18 bits per heavy atom. The second-order valence-electron chi connectivity index (χ2n) is 5.24. The van der Waals surface area contributed by atoms with E-state index in [-0.39, 0.29) is 0 Å². The third kappa shape index (κ3) is 2.75. The maximum Gasteiger partial charge on any atom is 0.125 e. The molecular weight excluding hydrogens is 296 g/mol. The number of nitrogens with zero attached hydrogens (tertiary/aromatic N) is 2. The van der Waals surface area contributed by atoms with Gasteiger partial charge in [-0.15, -0.1) is 0 Å². The summed E-state index contributed by atoms with van der Waals surface area (Å²) in [5.74, 6) is 0.738. The fraction of sp³-hybridized carbons (Fsp3) is 0.176. The molecule has 0 aliphatic carbocycles. The van der Waals surface area contributed by atoms with Crippen LogP contribution in [-0.2, 0) is 6.54 Å². The highest BCUT2D eigenvalue weighted by Gasteiger charge is 2.13. The maximum absolute atomic E-state index is 6.14. The van der Waals surface area contributed by atoms with Gasteiger partial charge in [0.05, 0.1) is 17.1 Å². The van der Waals surface area contributed by atoms with Crippen molar-refractivity contribution < 1.29 is 0 Å². The van der Waals surface area contributed by atoms with Crippen LogP contribution in [0, 0.1) is 13.8 Å². The lowest BCUT2D eigenvalue weighted by atomic mass is 10.0. The van der Waals surface area contributed by atoms with E-state index in [1.165, 1.54) is 0 Å². The normalized spacial score (nSPS) is 10.9. The van der Waals surface area contributed by atoms with Gasteiger partial charge in [0, 0.05) is 23.3 Å². The standard InChI is InChI=1S/C17H17ClN4/c1-10-3-4-13(18)8-14(10)17-12(9-19)7-16(22-17)15-5-6-20-11(2)21-15/h3-8,22H,9,19H2,1-2H3. The Morgan fingerprint density at radius 3 is 2.73 bits per heavy atom. The Labute approximate surface area is 134 Å². The quantitative estimate of drug-likeness (QED) is 0.771. The van der Waals surface area contributed by atoms with Crippen molar-refractivity contribution in [2.45, 2.75) is 20.4 Å². The average molecular weight is 313 g/mol. The summed E-state index contributed by atoms with van der Waals surface area (Å²) >= 11 is 6.14. The summed E-state index contributed by atoms with van der Waals surface area (Å²) < 4.78 is 0. The van der Waals surface area contributed by atoms with Crippen LogP contribution in [0.4, 0.5) is 0 Å². The van der Waals surface area contributed by atoms with Crippen molar-refractivity contribution in [3.8, 4) is 22.6 Å². The third-order valence-corrected chi connectivity index (χ3v) is 3.88. The van der Waals surface area contributed by atoms with Crippen molar-refractivity contribution >= 4 is 11.6 Å². The molecule has 3 N–H and O–H groups in total.